The van der Waals surface area contributed by atoms with Crippen molar-refractivity contribution < 1.29 is 31.3 Å². The van der Waals surface area contributed by atoms with Crippen molar-refractivity contribution in [3.63, 3.8) is 0 Å². The average Bonchev–Trinajstić information content (AvgIpc) is 2.81. The molecule has 1 aliphatic heterocycles. The first-order chi connectivity index (χ1) is 16.9. The Labute approximate surface area is 210 Å². The molecular weight excluding hydrogens is 499 g/mol. The minimum Gasteiger partial charge on any atom is -0.326 e. The molecule has 1 aromatic rings. The number of nitro benzene ring substituents is 1. The molecule has 36 heavy (non-hydrogen) atoms. The van der Waals surface area contributed by atoms with Crippen LogP contribution < -0.4 is 5.32 Å². The molecule has 1 saturated heterocycles. The molecule has 1 aromatic carbocycles. The monoisotopic (exact) mass is 535 g/mol. The fourth-order valence-corrected chi connectivity index (χ4v) is 6.04. The van der Waals surface area contributed by atoms with Gasteiger partial charge in [-0.2, -0.15) is 13.2 Å². The maximum Gasteiger partial charge on any atom is 0.423 e. The number of benzene rings is 1. The summed E-state index contributed by atoms with van der Waals surface area (Å²) < 4.78 is 66.0. The molecule has 1 amide bonds. The quantitative estimate of drug-likeness (QED) is 0.175. The summed E-state index contributed by atoms with van der Waals surface area (Å²) in [6.07, 6.45) is 3.98. The summed E-state index contributed by atoms with van der Waals surface area (Å²) in [6, 6.07) is 2.37. The standard InChI is InChI=1S/C24H36F3N3O5S/c1-2-3-4-5-6-7-17-36(34,35)29-15-13-19(14-16-29)9-8-10-23(31)28-20-11-12-22(30(32)33)21(18-20)24(25,26)27/h11-12,18-19H,2-10,13-17H2,1H3,(H,28,31). The van der Waals surface area contributed by atoms with Gasteiger partial charge in [-0.25, -0.2) is 12.7 Å². The van der Waals surface area contributed by atoms with Crippen molar-refractivity contribution in [2.75, 3.05) is 24.2 Å². The van der Waals surface area contributed by atoms with Crippen molar-refractivity contribution in [2.45, 2.75) is 83.7 Å². The third-order valence-corrected chi connectivity index (χ3v) is 8.48. The van der Waals surface area contributed by atoms with Crippen molar-refractivity contribution >= 4 is 27.3 Å². The Morgan fingerprint density at radius 3 is 2.36 bits per heavy atom. The maximum atomic E-state index is 13.1. The Hall–Kier alpha value is -2.21. The third kappa shape index (κ3) is 9.68. The molecule has 0 atom stereocenters. The van der Waals surface area contributed by atoms with E-state index in [-0.39, 0.29) is 23.8 Å². The molecule has 1 N–H and O–H groups in total. The number of rotatable bonds is 14. The number of hydrogen-bond acceptors (Lipinski definition) is 5. The first kappa shape index (κ1) is 30.0. The van der Waals surface area contributed by atoms with Crippen LogP contribution in [0.3, 0.4) is 0 Å². The number of nitrogens with zero attached hydrogens (tertiary/aromatic N) is 2. The molecule has 0 unspecified atom stereocenters. The fraction of sp³-hybridized carbons (Fsp3) is 0.708. The van der Waals surface area contributed by atoms with Gasteiger partial charge in [0.25, 0.3) is 5.69 Å². The summed E-state index contributed by atoms with van der Waals surface area (Å²) in [5, 5.41) is 13.2. The van der Waals surface area contributed by atoms with Gasteiger partial charge in [-0.15, -0.1) is 0 Å². The van der Waals surface area contributed by atoms with Crippen LogP contribution in [0.5, 0.6) is 0 Å². The summed E-state index contributed by atoms with van der Waals surface area (Å²) in [5.74, 6) is -0.00622. The van der Waals surface area contributed by atoms with Gasteiger partial charge < -0.3 is 5.32 Å². The topological polar surface area (TPSA) is 110 Å². The van der Waals surface area contributed by atoms with Gasteiger partial charge in [-0.3, -0.25) is 14.9 Å². The highest BCUT2D eigenvalue weighted by atomic mass is 32.2. The highest BCUT2D eigenvalue weighted by molar-refractivity contribution is 7.89. The van der Waals surface area contributed by atoms with Gasteiger partial charge in [0.05, 0.1) is 10.7 Å². The number of anilines is 1. The Bertz CT molecular complexity index is 978. The lowest BCUT2D eigenvalue weighted by molar-refractivity contribution is -0.388. The first-order valence-corrected chi connectivity index (χ1v) is 14.2. The van der Waals surface area contributed by atoms with Crippen LogP contribution in [0.15, 0.2) is 18.2 Å². The van der Waals surface area contributed by atoms with Crippen LogP contribution in [0, 0.1) is 16.0 Å². The Kier molecular flexibility index (Phi) is 11.6. The van der Waals surface area contributed by atoms with Crippen LogP contribution in [0.1, 0.15) is 83.1 Å². The van der Waals surface area contributed by atoms with E-state index in [2.05, 4.69) is 12.2 Å². The van der Waals surface area contributed by atoms with E-state index in [0.29, 0.717) is 51.3 Å². The zero-order chi connectivity index (χ0) is 26.8. The second-order valence-corrected chi connectivity index (χ2v) is 11.4. The number of piperidine rings is 1. The number of amides is 1. The number of hydrogen-bond donors (Lipinski definition) is 1. The zero-order valence-corrected chi connectivity index (χ0v) is 21.5. The van der Waals surface area contributed by atoms with Crippen LogP contribution in [-0.2, 0) is 21.0 Å². The van der Waals surface area contributed by atoms with Crippen LogP contribution in [0.4, 0.5) is 24.5 Å². The van der Waals surface area contributed by atoms with Gasteiger partial charge in [0.1, 0.15) is 5.56 Å². The molecular formula is C24H36F3N3O5S. The Morgan fingerprint density at radius 1 is 1.11 bits per heavy atom. The van der Waals surface area contributed by atoms with E-state index in [4.69, 9.17) is 0 Å². The summed E-state index contributed by atoms with van der Waals surface area (Å²) in [6.45, 7) is 3.08. The Balaban J connectivity index is 1.72. The summed E-state index contributed by atoms with van der Waals surface area (Å²) in [4.78, 5) is 21.9. The molecule has 1 fully saturated rings. The van der Waals surface area contributed by atoms with Crippen molar-refractivity contribution in [2.24, 2.45) is 5.92 Å². The third-order valence-electron chi connectivity index (χ3n) is 6.52. The molecule has 0 aromatic heterocycles. The van der Waals surface area contributed by atoms with Crippen LogP contribution >= 0.6 is 0 Å². The van der Waals surface area contributed by atoms with Gasteiger partial charge in [-0.1, -0.05) is 39.0 Å². The van der Waals surface area contributed by atoms with Gasteiger partial charge in [0.2, 0.25) is 15.9 Å². The highest BCUT2D eigenvalue weighted by Gasteiger charge is 2.38. The van der Waals surface area contributed by atoms with E-state index in [1.54, 1.807) is 4.31 Å². The van der Waals surface area contributed by atoms with Crippen LogP contribution in [0.25, 0.3) is 0 Å². The van der Waals surface area contributed by atoms with Crippen molar-refractivity contribution in [1.82, 2.24) is 4.31 Å². The SMILES string of the molecule is CCCCCCCCS(=O)(=O)N1CCC(CCCC(=O)Nc2ccc([N+](=O)[O-])c(C(F)(F)F)c2)CC1. The zero-order valence-electron chi connectivity index (χ0n) is 20.7. The minimum absolute atomic E-state index is 0.0921. The highest BCUT2D eigenvalue weighted by Crippen LogP contribution is 2.37. The maximum absolute atomic E-state index is 13.1. The van der Waals surface area contributed by atoms with Crippen LogP contribution in [0.2, 0.25) is 0 Å². The number of carbonyl (C=O) groups excluding carboxylic acids is 1. The summed E-state index contributed by atoms with van der Waals surface area (Å²) in [5.41, 5.74) is -2.63. The normalized spacial score (nSPS) is 15.7. The number of unbranched alkanes of at least 4 members (excludes halogenated alkanes) is 5. The lowest BCUT2D eigenvalue weighted by atomic mass is 9.92. The minimum atomic E-state index is -4.92. The van der Waals surface area contributed by atoms with E-state index in [1.807, 2.05) is 0 Å². The van der Waals surface area contributed by atoms with E-state index in [9.17, 15) is 36.5 Å². The van der Waals surface area contributed by atoms with Gasteiger partial charge in [0, 0.05) is 31.3 Å². The van der Waals surface area contributed by atoms with Crippen LogP contribution in [-0.4, -0.2) is 42.4 Å². The van der Waals surface area contributed by atoms with E-state index in [1.165, 1.54) is 6.42 Å². The molecule has 0 saturated carbocycles. The second-order valence-electron chi connectivity index (χ2n) is 9.35. The number of halogens is 3. The Morgan fingerprint density at radius 2 is 1.75 bits per heavy atom. The number of alkyl halides is 3. The molecule has 0 radical (unpaired) electrons. The van der Waals surface area contributed by atoms with Gasteiger partial charge in [0.15, 0.2) is 0 Å². The van der Waals surface area contributed by atoms with Gasteiger partial charge >= 0.3 is 6.18 Å². The predicted octanol–water partition coefficient (Wildman–Crippen LogP) is 6.12. The summed E-state index contributed by atoms with van der Waals surface area (Å²) in [7, 11) is -3.24. The number of sulfonamides is 1. The molecule has 1 aliphatic rings. The smallest absolute Gasteiger partial charge is 0.326 e. The van der Waals surface area contributed by atoms with E-state index in [0.717, 1.165) is 37.8 Å². The average molecular weight is 536 g/mol. The van der Waals surface area contributed by atoms with Crippen molar-refractivity contribution in [1.29, 1.82) is 0 Å². The largest absolute Gasteiger partial charge is 0.423 e. The number of nitrogens with one attached hydrogen (secondary N) is 1. The predicted molar refractivity (Wildman–Crippen MR) is 132 cm³/mol. The second kappa shape index (κ2) is 13.9. The molecule has 0 bridgehead atoms. The summed E-state index contributed by atoms with van der Waals surface area (Å²) >= 11 is 0. The van der Waals surface area contributed by atoms with Crippen molar-refractivity contribution in [3.05, 3.63) is 33.9 Å². The first-order valence-electron chi connectivity index (χ1n) is 12.6. The molecule has 0 spiro atoms. The molecule has 8 nitrogen and oxygen atoms in total. The molecule has 204 valence electrons. The van der Waals surface area contributed by atoms with Gasteiger partial charge in [-0.05, 0) is 50.2 Å². The molecule has 0 aliphatic carbocycles. The fourth-order valence-electron chi connectivity index (χ4n) is 4.44. The number of carbonyl (C=O) groups is 1. The lowest BCUT2D eigenvalue weighted by Crippen LogP contribution is -2.39. The molecule has 12 heteroatoms. The van der Waals surface area contributed by atoms with E-state index >= 15 is 0 Å². The molecule has 2 rings (SSSR count). The molecule has 1 heterocycles. The van der Waals surface area contributed by atoms with Crippen molar-refractivity contribution in [3.8, 4) is 0 Å². The lowest BCUT2D eigenvalue weighted by Gasteiger charge is -2.31. The van der Waals surface area contributed by atoms with E-state index < -0.39 is 38.3 Å². The number of nitro groups is 1.